The van der Waals surface area contributed by atoms with E-state index < -0.39 is 0 Å². The first-order valence-electron chi connectivity index (χ1n) is 4.26. The van der Waals surface area contributed by atoms with Gasteiger partial charge in [-0.05, 0) is 24.7 Å². The first-order valence-corrected chi connectivity index (χ1v) is 4.26. The summed E-state index contributed by atoms with van der Waals surface area (Å²) in [5, 5.41) is 13.0. The molecule has 2 atom stereocenters. The lowest BCUT2D eigenvalue weighted by Gasteiger charge is -2.39. The monoisotopic (exact) mass is 141 g/mol. The molecular weight excluding hydrogens is 126 g/mol. The van der Waals surface area contributed by atoms with E-state index in [1.165, 1.54) is 19.3 Å². The fourth-order valence-electron chi connectivity index (χ4n) is 2.27. The zero-order valence-electron chi connectivity index (χ0n) is 6.21. The number of rotatable bonds is 0. The first kappa shape index (κ1) is 6.62. The fraction of sp³-hybridized carbons (Fsp3) is 1.00. The molecule has 0 aromatic heterocycles. The van der Waals surface area contributed by atoms with Crippen LogP contribution in [0.1, 0.15) is 19.3 Å². The molecule has 0 spiro atoms. The van der Waals surface area contributed by atoms with E-state index in [2.05, 4.69) is 5.32 Å². The predicted molar refractivity (Wildman–Crippen MR) is 39.7 cm³/mol. The number of nitrogens with one attached hydrogen (secondary N) is 1. The quantitative estimate of drug-likeness (QED) is 0.510. The third kappa shape index (κ3) is 0.956. The number of hydrogen-bond donors (Lipinski definition) is 2. The van der Waals surface area contributed by atoms with Gasteiger partial charge in [0.05, 0.1) is 6.10 Å². The molecular formula is C8H15NO. The van der Waals surface area contributed by atoms with Gasteiger partial charge in [-0.3, -0.25) is 0 Å². The van der Waals surface area contributed by atoms with Gasteiger partial charge in [-0.15, -0.1) is 0 Å². The Labute approximate surface area is 61.6 Å². The van der Waals surface area contributed by atoms with Crippen LogP contribution in [0.15, 0.2) is 0 Å². The van der Waals surface area contributed by atoms with Crippen molar-refractivity contribution in [2.24, 2.45) is 11.8 Å². The number of piperidine rings is 1. The molecule has 2 bridgehead atoms. The summed E-state index contributed by atoms with van der Waals surface area (Å²) in [5.41, 5.74) is 0. The molecule has 1 saturated heterocycles. The topological polar surface area (TPSA) is 32.3 Å². The molecule has 0 radical (unpaired) electrons. The van der Waals surface area contributed by atoms with Crippen molar-refractivity contribution in [2.45, 2.75) is 25.4 Å². The summed E-state index contributed by atoms with van der Waals surface area (Å²) in [6.07, 6.45) is 3.79. The van der Waals surface area contributed by atoms with Gasteiger partial charge in [-0.2, -0.15) is 0 Å². The largest absolute Gasteiger partial charge is 0.392 e. The Balaban J connectivity index is 2.05. The third-order valence-corrected chi connectivity index (χ3v) is 2.93. The van der Waals surface area contributed by atoms with Crippen molar-refractivity contribution < 1.29 is 5.11 Å². The summed E-state index contributed by atoms with van der Waals surface area (Å²) in [6.45, 7) is 2.08. The number of aliphatic hydroxyl groups is 1. The van der Waals surface area contributed by atoms with Crippen molar-refractivity contribution in [2.75, 3.05) is 13.1 Å². The minimum Gasteiger partial charge on any atom is -0.392 e. The third-order valence-electron chi connectivity index (χ3n) is 2.93. The van der Waals surface area contributed by atoms with Crippen LogP contribution in [-0.2, 0) is 0 Å². The molecule has 2 N–H and O–H groups in total. The SMILES string of the molecule is OC1C2CCCC1CNC2. The van der Waals surface area contributed by atoms with Crippen LogP contribution < -0.4 is 5.32 Å². The Morgan fingerprint density at radius 3 is 2.20 bits per heavy atom. The van der Waals surface area contributed by atoms with Crippen molar-refractivity contribution in [1.29, 1.82) is 0 Å². The highest BCUT2D eigenvalue weighted by molar-refractivity contribution is 4.88. The maximum Gasteiger partial charge on any atom is 0.0620 e. The zero-order chi connectivity index (χ0) is 6.97. The molecule has 0 aromatic rings. The first-order chi connectivity index (χ1) is 4.88. The maximum absolute atomic E-state index is 9.65. The Bertz CT molecular complexity index is 104. The smallest absolute Gasteiger partial charge is 0.0620 e. The second kappa shape index (κ2) is 2.51. The number of fused-ring (bicyclic) bond motifs is 2. The van der Waals surface area contributed by atoms with Gasteiger partial charge in [0.25, 0.3) is 0 Å². The van der Waals surface area contributed by atoms with Crippen LogP contribution in [0.5, 0.6) is 0 Å². The van der Waals surface area contributed by atoms with E-state index in [9.17, 15) is 5.11 Å². The van der Waals surface area contributed by atoms with E-state index in [0.717, 1.165) is 13.1 Å². The van der Waals surface area contributed by atoms with Crippen LogP contribution in [0.25, 0.3) is 0 Å². The van der Waals surface area contributed by atoms with Crippen molar-refractivity contribution in [3.63, 3.8) is 0 Å². The second-order valence-electron chi connectivity index (χ2n) is 3.60. The lowest BCUT2D eigenvalue weighted by Crippen LogP contribution is -2.49. The molecule has 2 nitrogen and oxygen atoms in total. The molecule has 2 unspecified atom stereocenters. The molecule has 0 amide bonds. The molecule has 2 aliphatic rings. The standard InChI is InChI=1S/C8H15NO/c10-8-6-2-1-3-7(8)5-9-4-6/h6-10H,1-5H2. The van der Waals surface area contributed by atoms with Gasteiger partial charge < -0.3 is 10.4 Å². The highest BCUT2D eigenvalue weighted by atomic mass is 16.3. The highest BCUT2D eigenvalue weighted by Gasteiger charge is 2.34. The fourth-order valence-corrected chi connectivity index (χ4v) is 2.27. The van der Waals surface area contributed by atoms with Crippen molar-refractivity contribution in [3.05, 3.63) is 0 Å². The van der Waals surface area contributed by atoms with Crippen LogP contribution in [0.3, 0.4) is 0 Å². The Kier molecular flexibility index (Phi) is 1.66. The summed E-state index contributed by atoms with van der Waals surface area (Å²) in [4.78, 5) is 0. The molecule has 1 heterocycles. The summed E-state index contributed by atoms with van der Waals surface area (Å²) in [7, 11) is 0. The molecule has 1 aliphatic carbocycles. The van der Waals surface area contributed by atoms with Crippen LogP contribution in [0.4, 0.5) is 0 Å². The van der Waals surface area contributed by atoms with Gasteiger partial charge in [0.2, 0.25) is 0 Å². The van der Waals surface area contributed by atoms with Crippen molar-refractivity contribution in [3.8, 4) is 0 Å². The molecule has 2 fully saturated rings. The normalized spacial score (nSPS) is 47.1. The van der Waals surface area contributed by atoms with Crippen LogP contribution in [0, 0.1) is 11.8 Å². The molecule has 2 rings (SSSR count). The molecule has 1 aliphatic heterocycles. The average Bonchev–Trinajstić information content (AvgIpc) is 1.86. The van der Waals surface area contributed by atoms with Gasteiger partial charge >= 0.3 is 0 Å². The van der Waals surface area contributed by atoms with Gasteiger partial charge in [0, 0.05) is 13.1 Å². The molecule has 58 valence electrons. The Morgan fingerprint density at radius 2 is 1.70 bits per heavy atom. The van der Waals surface area contributed by atoms with E-state index in [4.69, 9.17) is 0 Å². The Morgan fingerprint density at radius 1 is 1.10 bits per heavy atom. The van der Waals surface area contributed by atoms with Crippen molar-refractivity contribution in [1.82, 2.24) is 5.32 Å². The zero-order valence-corrected chi connectivity index (χ0v) is 6.21. The van der Waals surface area contributed by atoms with E-state index in [1.54, 1.807) is 0 Å². The molecule has 2 heteroatoms. The van der Waals surface area contributed by atoms with Crippen molar-refractivity contribution >= 4 is 0 Å². The van der Waals surface area contributed by atoms with Crippen LogP contribution in [-0.4, -0.2) is 24.3 Å². The van der Waals surface area contributed by atoms with Gasteiger partial charge in [-0.1, -0.05) is 6.42 Å². The van der Waals surface area contributed by atoms with Gasteiger partial charge in [0.1, 0.15) is 0 Å². The maximum atomic E-state index is 9.65. The van der Waals surface area contributed by atoms with Gasteiger partial charge in [-0.25, -0.2) is 0 Å². The van der Waals surface area contributed by atoms with Crippen LogP contribution >= 0.6 is 0 Å². The second-order valence-corrected chi connectivity index (χ2v) is 3.60. The highest BCUT2D eigenvalue weighted by Crippen LogP contribution is 2.31. The summed E-state index contributed by atoms with van der Waals surface area (Å²) in [5.74, 6) is 1.12. The van der Waals surface area contributed by atoms with Crippen LogP contribution in [0.2, 0.25) is 0 Å². The van der Waals surface area contributed by atoms with Gasteiger partial charge in [0.15, 0.2) is 0 Å². The molecule has 0 aromatic carbocycles. The minimum atomic E-state index is 0.00926. The van der Waals surface area contributed by atoms with E-state index in [0.29, 0.717) is 11.8 Å². The average molecular weight is 141 g/mol. The lowest BCUT2D eigenvalue weighted by molar-refractivity contribution is -0.00332. The number of aliphatic hydroxyl groups excluding tert-OH is 1. The number of hydrogen-bond acceptors (Lipinski definition) is 2. The van der Waals surface area contributed by atoms with E-state index in [-0.39, 0.29) is 6.10 Å². The minimum absolute atomic E-state index is 0.00926. The Hall–Kier alpha value is -0.0800. The predicted octanol–water partition coefficient (Wildman–Crippen LogP) is 0.367. The summed E-state index contributed by atoms with van der Waals surface area (Å²) < 4.78 is 0. The lowest BCUT2D eigenvalue weighted by atomic mass is 9.76. The van der Waals surface area contributed by atoms with E-state index in [1.807, 2.05) is 0 Å². The molecule has 10 heavy (non-hydrogen) atoms. The molecule has 1 saturated carbocycles. The van der Waals surface area contributed by atoms with E-state index >= 15 is 0 Å². The summed E-state index contributed by atoms with van der Waals surface area (Å²) >= 11 is 0. The summed E-state index contributed by atoms with van der Waals surface area (Å²) in [6, 6.07) is 0.